The largest absolute Gasteiger partial charge is 0.480 e. The Kier molecular flexibility index (Phi) is 5.08. The number of benzene rings is 1. The van der Waals surface area contributed by atoms with E-state index in [-0.39, 0.29) is 10.6 Å². The van der Waals surface area contributed by atoms with Crippen LogP contribution in [0.15, 0.2) is 29.2 Å². The molecule has 2 atom stereocenters. The number of aliphatic hydroxyl groups excluding tert-OH is 1. The first-order valence-corrected chi connectivity index (χ1v) is 5.81. The Hall–Kier alpha value is -1.64. The fraction of sp³-hybridized carbons (Fsp3) is 0.300. The van der Waals surface area contributed by atoms with Gasteiger partial charge in [0.25, 0.3) is 5.69 Å². The molecule has 1 unspecified atom stereocenters. The summed E-state index contributed by atoms with van der Waals surface area (Å²) in [6, 6.07) is 4.74. The molecular weight excluding hydrogens is 260 g/mol. The number of carboxylic acid groups (broad SMARTS) is 1. The van der Waals surface area contributed by atoms with Gasteiger partial charge in [0.05, 0.1) is 11.0 Å². The molecule has 0 amide bonds. The Morgan fingerprint density at radius 2 is 2.11 bits per heavy atom. The normalized spacial score (nSPS) is 13.9. The van der Waals surface area contributed by atoms with Crippen molar-refractivity contribution < 1.29 is 19.9 Å². The van der Waals surface area contributed by atoms with E-state index in [4.69, 9.17) is 5.11 Å². The van der Waals surface area contributed by atoms with Crippen molar-refractivity contribution in [3.05, 3.63) is 34.4 Å². The van der Waals surface area contributed by atoms with Gasteiger partial charge in [-0.2, -0.15) is 0 Å². The number of nitro benzene ring substituents is 1. The lowest BCUT2D eigenvalue weighted by molar-refractivity contribution is -0.387. The second kappa shape index (κ2) is 6.34. The molecule has 0 heterocycles. The van der Waals surface area contributed by atoms with Gasteiger partial charge in [-0.3, -0.25) is 14.9 Å². The maximum absolute atomic E-state index is 10.8. The van der Waals surface area contributed by atoms with Crippen LogP contribution >= 0.6 is 11.9 Å². The lowest BCUT2D eigenvalue weighted by Gasteiger charge is -2.15. The van der Waals surface area contributed by atoms with Gasteiger partial charge in [0.2, 0.25) is 0 Å². The predicted octanol–water partition coefficient (Wildman–Crippen LogP) is 1.03. The summed E-state index contributed by atoms with van der Waals surface area (Å²) in [5, 5.41) is 28.8. The maximum atomic E-state index is 10.8. The molecule has 0 saturated carbocycles. The van der Waals surface area contributed by atoms with Crippen LogP contribution in [0.25, 0.3) is 0 Å². The summed E-state index contributed by atoms with van der Waals surface area (Å²) in [6.07, 6.45) is -1.11. The summed E-state index contributed by atoms with van der Waals surface area (Å²) >= 11 is 0.808. The SMILES string of the molecule is CC(O)[C@@H](NSc1ccccc1[N+](=O)[O-])C(=O)O. The van der Waals surface area contributed by atoms with Gasteiger partial charge in [-0.25, -0.2) is 4.72 Å². The summed E-state index contributed by atoms with van der Waals surface area (Å²) in [6.45, 7) is 1.33. The number of nitrogens with one attached hydrogen (secondary N) is 1. The van der Waals surface area contributed by atoms with E-state index < -0.39 is 23.0 Å². The molecule has 0 saturated heterocycles. The fourth-order valence-corrected chi connectivity index (χ4v) is 2.12. The van der Waals surface area contributed by atoms with Gasteiger partial charge in [0, 0.05) is 6.07 Å². The molecule has 0 aliphatic carbocycles. The van der Waals surface area contributed by atoms with E-state index in [0.29, 0.717) is 0 Å². The van der Waals surface area contributed by atoms with Crippen LogP contribution < -0.4 is 4.72 Å². The molecule has 0 radical (unpaired) electrons. The summed E-state index contributed by atoms with van der Waals surface area (Å²) in [5.41, 5.74) is -0.121. The molecule has 0 bridgehead atoms. The van der Waals surface area contributed by atoms with Crippen LogP contribution in [0.4, 0.5) is 5.69 Å². The molecule has 98 valence electrons. The van der Waals surface area contributed by atoms with Crippen LogP contribution in [0, 0.1) is 10.1 Å². The van der Waals surface area contributed by atoms with Gasteiger partial charge in [-0.05, 0) is 24.9 Å². The van der Waals surface area contributed by atoms with Gasteiger partial charge in [0.1, 0.15) is 10.9 Å². The Morgan fingerprint density at radius 1 is 1.50 bits per heavy atom. The van der Waals surface area contributed by atoms with E-state index in [2.05, 4.69) is 4.72 Å². The molecule has 1 aromatic carbocycles. The van der Waals surface area contributed by atoms with Crippen molar-refractivity contribution in [1.29, 1.82) is 0 Å². The van der Waals surface area contributed by atoms with Gasteiger partial charge >= 0.3 is 5.97 Å². The second-order valence-electron chi connectivity index (χ2n) is 3.50. The van der Waals surface area contributed by atoms with Crippen molar-refractivity contribution in [2.45, 2.75) is 24.0 Å². The van der Waals surface area contributed by atoms with Gasteiger partial charge in [-0.1, -0.05) is 12.1 Å². The minimum Gasteiger partial charge on any atom is -0.480 e. The molecule has 3 N–H and O–H groups in total. The van der Waals surface area contributed by atoms with Gasteiger partial charge < -0.3 is 10.2 Å². The van der Waals surface area contributed by atoms with E-state index in [1.54, 1.807) is 6.07 Å². The number of nitrogens with zero attached hydrogens (tertiary/aromatic N) is 1. The molecule has 18 heavy (non-hydrogen) atoms. The maximum Gasteiger partial charge on any atom is 0.324 e. The third-order valence-corrected chi connectivity index (χ3v) is 3.04. The summed E-state index contributed by atoms with van der Waals surface area (Å²) < 4.78 is 2.49. The molecule has 0 aliphatic heterocycles. The number of aliphatic hydroxyl groups is 1. The van der Waals surface area contributed by atoms with Crippen LogP contribution in [0.3, 0.4) is 0 Å². The zero-order chi connectivity index (χ0) is 13.7. The topological polar surface area (TPSA) is 113 Å². The number of nitro groups is 1. The number of hydrogen-bond acceptors (Lipinski definition) is 6. The van der Waals surface area contributed by atoms with Crippen molar-refractivity contribution in [2.24, 2.45) is 0 Å². The lowest BCUT2D eigenvalue weighted by Crippen LogP contribution is -2.41. The first-order chi connectivity index (χ1) is 8.43. The minimum atomic E-state index is -1.23. The number of rotatable bonds is 6. The molecule has 0 spiro atoms. The van der Waals surface area contributed by atoms with E-state index in [1.807, 2.05) is 0 Å². The third-order valence-electron chi connectivity index (χ3n) is 2.11. The molecule has 0 aliphatic rings. The van der Waals surface area contributed by atoms with Crippen LogP contribution in [0.5, 0.6) is 0 Å². The van der Waals surface area contributed by atoms with Crippen LogP contribution in [0.1, 0.15) is 6.92 Å². The fourth-order valence-electron chi connectivity index (χ4n) is 1.18. The zero-order valence-electron chi connectivity index (χ0n) is 9.44. The van der Waals surface area contributed by atoms with E-state index in [0.717, 1.165) is 11.9 Å². The van der Waals surface area contributed by atoms with Crippen LogP contribution in [0.2, 0.25) is 0 Å². The minimum absolute atomic E-state index is 0.121. The van der Waals surface area contributed by atoms with Crippen molar-refractivity contribution in [3.8, 4) is 0 Å². The Balaban J connectivity index is 2.79. The Morgan fingerprint density at radius 3 is 2.61 bits per heavy atom. The first-order valence-electron chi connectivity index (χ1n) is 5.00. The summed E-state index contributed by atoms with van der Waals surface area (Å²) in [4.78, 5) is 21.3. The predicted molar refractivity (Wildman–Crippen MR) is 65.2 cm³/mol. The second-order valence-corrected chi connectivity index (χ2v) is 4.38. The zero-order valence-corrected chi connectivity index (χ0v) is 10.3. The highest BCUT2D eigenvalue weighted by Crippen LogP contribution is 2.27. The Labute approximate surface area is 107 Å². The number of carbonyl (C=O) groups is 1. The van der Waals surface area contributed by atoms with E-state index >= 15 is 0 Å². The van der Waals surface area contributed by atoms with Crippen molar-refractivity contribution in [3.63, 3.8) is 0 Å². The number of hydrogen-bond donors (Lipinski definition) is 3. The third kappa shape index (κ3) is 3.69. The number of para-hydroxylation sites is 1. The average molecular weight is 272 g/mol. The highest BCUT2D eigenvalue weighted by Gasteiger charge is 2.24. The van der Waals surface area contributed by atoms with Crippen molar-refractivity contribution in [2.75, 3.05) is 0 Å². The van der Waals surface area contributed by atoms with Crippen LogP contribution in [-0.2, 0) is 4.79 Å². The Bertz CT molecular complexity index is 452. The molecule has 1 aromatic rings. The molecule has 0 aromatic heterocycles. The lowest BCUT2D eigenvalue weighted by atomic mass is 10.2. The molecule has 0 fully saturated rings. The highest BCUT2D eigenvalue weighted by molar-refractivity contribution is 7.97. The highest BCUT2D eigenvalue weighted by atomic mass is 32.2. The monoisotopic (exact) mass is 272 g/mol. The van der Waals surface area contributed by atoms with E-state index in [9.17, 15) is 20.0 Å². The van der Waals surface area contributed by atoms with Gasteiger partial charge in [0.15, 0.2) is 0 Å². The molecular formula is C10H12N2O5S. The number of aliphatic carboxylic acids is 1. The number of carboxylic acids is 1. The van der Waals surface area contributed by atoms with Crippen LogP contribution in [-0.4, -0.2) is 33.3 Å². The van der Waals surface area contributed by atoms with Crippen molar-refractivity contribution in [1.82, 2.24) is 4.72 Å². The van der Waals surface area contributed by atoms with Gasteiger partial charge in [-0.15, -0.1) is 0 Å². The quantitative estimate of drug-likeness (QED) is 0.402. The standard InChI is InChI=1S/C10H12N2O5S/c1-6(13)9(10(14)15)11-18-8-5-3-2-4-7(8)12(16)17/h2-6,9,11,13H,1H3,(H,14,15)/t6?,9-/m1/s1. The molecule has 8 heteroatoms. The smallest absolute Gasteiger partial charge is 0.324 e. The van der Waals surface area contributed by atoms with E-state index in [1.165, 1.54) is 25.1 Å². The molecule has 7 nitrogen and oxygen atoms in total. The first kappa shape index (κ1) is 14.4. The average Bonchev–Trinajstić information content (AvgIpc) is 2.28. The van der Waals surface area contributed by atoms with Crippen molar-refractivity contribution >= 4 is 23.6 Å². The summed E-state index contributed by atoms with van der Waals surface area (Å²) in [5.74, 6) is -1.23. The molecule has 1 rings (SSSR count). The summed E-state index contributed by atoms with van der Waals surface area (Å²) in [7, 11) is 0.